The van der Waals surface area contributed by atoms with Crippen molar-refractivity contribution in [3.05, 3.63) is 123 Å². The van der Waals surface area contributed by atoms with E-state index in [2.05, 4.69) is 10.6 Å². The molecule has 0 spiro atoms. The second-order valence-electron chi connectivity index (χ2n) is 17.2. The summed E-state index contributed by atoms with van der Waals surface area (Å²) in [5.74, 6) is -1.56. The first-order valence-corrected chi connectivity index (χ1v) is 23.5. The van der Waals surface area contributed by atoms with Gasteiger partial charge in [-0.1, -0.05) is 53.5 Å². The number of unbranched alkanes of at least 4 members (excludes halogenated alkanes) is 2. The van der Waals surface area contributed by atoms with Gasteiger partial charge in [0.25, 0.3) is 11.8 Å². The summed E-state index contributed by atoms with van der Waals surface area (Å²) in [5, 5.41) is 6.12. The number of ether oxygens (including phenoxy) is 3. The van der Waals surface area contributed by atoms with Gasteiger partial charge in [-0.15, -0.1) is 0 Å². The van der Waals surface area contributed by atoms with E-state index in [1.165, 1.54) is 15.9 Å². The van der Waals surface area contributed by atoms with Crippen LogP contribution in [0, 0.1) is 0 Å². The molecule has 360 valence electrons. The minimum absolute atomic E-state index is 0.0196. The van der Waals surface area contributed by atoms with E-state index in [1.54, 1.807) is 66.6 Å². The van der Waals surface area contributed by atoms with Crippen LogP contribution in [-0.4, -0.2) is 125 Å². The van der Waals surface area contributed by atoms with Crippen molar-refractivity contribution < 1.29 is 47.8 Å². The number of piperazine rings is 1. The quantitative estimate of drug-likeness (QED) is 0.0942. The fourth-order valence-electron chi connectivity index (χ4n) is 8.86. The van der Waals surface area contributed by atoms with Crippen molar-refractivity contribution in [2.24, 2.45) is 4.99 Å². The van der Waals surface area contributed by atoms with Gasteiger partial charge in [0, 0.05) is 42.2 Å². The number of imide groups is 2. The van der Waals surface area contributed by atoms with E-state index in [-0.39, 0.29) is 74.5 Å². The second-order valence-corrected chi connectivity index (χ2v) is 18.1. The van der Waals surface area contributed by atoms with Crippen LogP contribution in [0.15, 0.2) is 89.9 Å². The van der Waals surface area contributed by atoms with Gasteiger partial charge in [0.15, 0.2) is 0 Å². The maximum atomic E-state index is 15.0. The van der Waals surface area contributed by atoms with Crippen molar-refractivity contribution in [2.45, 2.75) is 70.2 Å². The van der Waals surface area contributed by atoms with E-state index in [0.717, 1.165) is 16.0 Å². The third-order valence-electron chi connectivity index (χ3n) is 12.2. The number of urea groups is 1. The average Bonchev–Trinajstić information content (AvgIpc) is 3.84. The van der Waals surface area contributed by atoms with E-state index in [4.69, 9.17) is 42.4 Å². The molecule has 0 radical (unpaired) electrons. The van der Waals surface area contributed by atoms with Gasteiger partial charge in [0.05, 0.1) is 49.1 Å². The molecule has 17 nitrogen and oxygen atoms in total. The molecule has 2 fully saturated rings. The third kappa shape index (κ3) is 10.5. The summed E-state index contributed by atoms with van der Waals surface area (Å²) < 4.78 is 17.7. The molecule has 19 heteroatoms. The molecule has 4 aromatic rings. The Bertz CT molecular complexity index is 2700. The predicted octanol–water partition coefficient (Wildman–Crippen LogP) is 6.36. The van der Waals surface area contributed by atoms with Crippen LogP contribution in [0.1, 0.15) is 95.4 Å². The summed E-state index contributed by atoms with van der Waals surface area (Å²) >= 11 is 12.7. The molecule has 0 bridgehead atoms. The highest BCUT2D eigenvalue weighted by molar-refractivity contribution is 6.31. The Kier molecular flexibility index (Phi) is 14.8. The Morgan fingerprint density at radius 3 is 2.25 bits per heavy atom. The van der Waals surface area contributed by atoms with Gasteiger partial charge < -0.3 is 29.3 Å². The van der Waals surface area contributed by atoms with Crippen LogP contribution in [0.4, 0.5) is 4.79 Å². The Hall–Kier alpha value is -6.98. The normalized spacial score (nSPS) is 19.2. The van der Waals surface area contributed by atoms with Gasteiger partial charge in [-0.3, -0.25) is 48.9 Å². The maximum absolute atomic E-state index is 15.0. The summed E-state index contributed by atoms with van der Waals surface area (Å²) in [6.45, 7) is 4.18. The van der Waals surface area contributed by atoms with Crippen LogP contribution in [-0.2, 0) is 19.2 Å². The summed E-state index contributed by atoms with van der Waals surface area (Å²) in [6, 6.07) is 21.7. The van der Waals surface area contributed by atoms with Crippen molar-refractivity contribution >= 4 is 70.5 Å². The van der Waals surface area contributed by atoms with Gasteiger partial charge >= 0.3 is 6.03 Å². The zero-order valence-electron chi connectivity index (χ0n) is 38.2. The van der Waals surface area contributed by atoms with Gasteiger partial charge in [-0.25, -0.2) is 4.79 Å². The number of methoxy groups -OCH3 is 1. The number of amides is 8. The number of piperidine rings is 1. The Morgan fingerprint density at radius 1 is 0.841 bits per heavy atom. The Balaban J connectivity index is 0.876. The molecule has 0 saturated carbocycles. The van der Waals surface area contributed by atoms with Crippen LogP contribution in [0.5, 0.6) is 17.2 Å². The number of hydrogen-bond acceptors (Lipinski definition) is 11. The van der Waals surface area contributed by atoms with Gasteiger partial charge in [-0.2, -0.15) is 0 Å². The molecule has 1 unspecified atom stereocenters. The van der Waals surface area contributed by atoms with E-state index in [0.29, 0.717) is 58.8 Å². The number of fused-ring (bicyclic) bond motifs is 1. The molecule has 8 rings (SSSR count). The number of nitrogens with zero attached hydrogens (tertiary/aromatic N) is 5. The number of halogens is 2. The van der Waals surface area contributed by atoms with Gasteiger partial charge in [0.1, 0.15) is 41.7 Å². The molecular weight excluding hydrogens is 929 g/mol. The van der Waals surface area contributed by atoms with Crippen LogP contribution in [0.2, 0.25) is 10.0 Å². The molecule has 69 heavy (non-hydrogen) atoms. The lowest BCUT2D eigenvalue weighted by Crippen LogP contribution is -2.57. The average molecular weight is 981 g/mol. The molecular formula is C50H51Cl2N7O10. The molecule has 8 amide bonds. The first-order chi connectivity index (χ1) is 33.2. The molecule has 4 aliphatic rings. The SMILES string of the molecule is COc1ccc(C2=N[C@@H](c3ccc(Cl)cc3)[C@@H](c3ccc(Cl)cc3)N2C(=O)N2CCN(CC(=O)NCCCCCOc3cccc4c3C(=O)N(C3CCC(=O)NC3=O)C4=O)C(=O)C2)c(OC(C)C)c1. The van der Waals surface area contributed by atoms with Crippen molar-refractivity contribution in [3.63, 3.8) is 0 Å². The number of carbonyl (C=O) groups excluding carboxylic acids is 7. The molecule has 0 aromatic heterocycles. The number of amidine groups is 1. The topological polar surface area (TPSA) is 197 Å². The zero-order chi connectivity index (χ0) is 48.9. The first-order valence-electron chi connectivity index (χ1n) is 22.8. The third-order valence-corrected chi connectivity index (χ3v) is 12.7. The summed E-state index contributed by atoms with van der Waals surface area (Å²) in [6.07, 6.45) is 1.67. The molecule has 4 heterocycles. The molecule has 4 aliphatic heterocycles. The zero-order valence-corrected chi connectivity index (χ0v) is 39.8. The summed E-state index contributed by atoms with van der Waals surface area (Å²) in [4.78, 5) is 103. The molecule has 3 atom stereocenters. The fourth-order valence-corrected chi connectivity index (χ4v) is 9.11. The van der Waals surface area contributed by atoms with Crippen molar-refractivity contribution in [3.8, 4) is 17.2 Å². The lowest BCUT2D eigenvalue weighted by atomic mass is 9.93. The standard InChI is InChI=1S/C50H51Cl2N7O10/c1-29(2)69-39-26-34(67-3)18-19-35(39)46-55-44(30-10-14-32(51)15-11-30)45(31-12-16-33(52)17-13-31)59(46)50(66)57-24-23-56(42(62)28-57)27-41(61)53-22-5-4-6-25-68-38-9-7-8-36-43(38)49(65)58(48(36)64)37-20-21-40(60)54-47(37)63/h7-19,26,29,37,44-45H,4-6,20-25,27-28H2,1-3H3,(H,53,61)(H,54,60,63)/t37?,44-,45+/m0/s1. The largest absolute Gasteiger partial charge is 0.497 e. The van der Waals surface area contributed by atoms with Gasteiger partial charge in [0.2, 0.25) is 23.6 Å². The molecule has 2 N–H and O–H groups in total. The Morgan fingerprint density at radius 2 is 1.57 bits per heavy atom. The number of nitrogens with one attached hydrogen (secondary N) is 2. The van der Waals surface area contributed by atoms with Crippen LogP contribution < -0.4 is 24.8 Å². The maximum Gasteiger partial charge on any atom is 0.326 e. The van der Waals surface area contributed by atoms with Crippen LogP contribution >= 0.6 is 23.2 Å². The second kappa shape index (κ2) is 21.1. The lowest BCUT2D eigenvalue weighted by Gasteiger charge is -2.38. The highest BCUT2D eigenvalue weighted by atomic mass is 35.5. The number of hydrogen-bond donors (Lipinski definition) is 2. The smallest absolute Gasteiger partial charge is 0.326 e. The minimum atomic E-state index is -1.08. The lowest BCUT2D eigenvalue weighted by molar-refractivity contribution is -0.139. The number of carbonyl (C=O) groups is 7. The number of benzene rings is 4. The summed E-state index contributed by atoms with van der Waals surface area (Å²) in [5.41, 5.74) is 2.33. The minimum Gasteiger partial charge on any atom is -0.497 e. The van der Waals surface area contributed by atoms with E-state index in [1.807, 2.05) is 38.1 Å². The van der Waals surface area contributed by atoms with Crippen molar-refractivity contribution in [1.29, 1.82) is 0 Å². The van der Waals surface area contributed by atoms with E-state index >= 15 is 4.79 Å². The van der Waals surface area contributed by atoms with Crippen molar-refractivity contribution in [2.75, 3.05) is 46.4 Å². The molecule has 2 saturated heterocycles. The highest BCUT2D eigenvalue weighted by Gasteiger charge is 2.47. The number of rotatable bonds is 16. The van der Waals surface area contributed by atoms with E-state index in [9.17, 15) is 28.8 Å². The van der Waals surface area contributed by atoms with E-state index < -0.39 is 53.7 Å². The Labute approximate surface area is 408 Å². The molecule has 0 aliphatic carbocycles. The van der Waals surface area contributed by atoms with Crippen LogP contribution in [0.3, 0.4) is 0 Å². The molecule has 4 aromatic carbocycles. The predicted molar refractivity (Wildman–Crippen MR) is 255 cm³/mol. The number of aliphatic imine (C=N–C) groups is 1. The highest BCUT2D eigenvalue weighted by Crippen LogP contribution is 2.46. The van der Waals surface area contributed by atoms with Crippen LogP contribution in [0.25, 0.3) is 0 Å². The fraction of sp³-hybridized carbons (Fsp3) is 0.360. The van der Waals surface area contributed by atoms with Crippen molar-refractivity contribution in [1.82, 2.24) is 30.2 Å². The first kappa shape index (κ1) is 48.5. The summed E-state index contributed by atoms with van der Waals surface area (Å²) in [7, 11) is 1.56. The monoisotopic (exact) mass is 979 g/mol. The van der Waals surface area contributed by atoms with Gasteiger partial charge in [-0.05, 0) is 99.2 Å².